The van der Waals surface area contributed by atoms with Gasteiger partial charge >= 0.3 is 0 Å². The molecule has 7 heteroatoms. The Bertz CT molecular complexity index is 383. The molecule has 0 bridgehead atoms. The number of carbonyl (C=O) groups is 1. The van der Waals surface area contributed by atoms with Crippen molar-refractivity contribution in [3.8, 4) is 0 Å². The van der Waals surface area contributed by atoms with Gasteiger partial charge in [0.1, 0.15) is 15.9 Å². The fourth-order valence-corrected chi connectivity index (χ4v) is 1.66. The predicted octanol–water partition coefficient (Wildman–Crippen LogP) is 1.67. The lowest BCUT2D eigenvalue weighted by molar-refractivity contribution is 0.100. The number of hydrogen-bond acceptors (Lipinski definition) is 3. The van der Waals surface area contributed by atoms with Crippen molar-refractivity contribution in [1.82, 2.24) is 4.98 Å². The summed E-state index contributed by atoms with van der Waals surface area (Å²) in [5.41, 5.74) is 10.8. The van der Waals surface area contributed by atoms with Crippen molar-refractivity contribution < 1.29 is 4.79 Å². The second-order valence-corrected chi connectivity index (χ2v) is 3.96. The van der Waals surface area contributed by atoms with Gasteiger partial charge in [0.25, 0.3) is 5.91 Å². The first-order valence-electron chi connectivity index (χ1n) is 3.05. The largest absolute Gasteiger partial charge is 0.397 e. The SMILES string of the molecule is NC(=O)c1c(Cl)nc(Cl)c(I)c1N. The Labute approximate surface area is 97.7 Å². The van der Waals surface area contributed by atoms with E-state index < -0.39 is 5.91 Å². The van der Waals surface area contributed by atoms with E-state index in [9.17, 15) is 4.79 Å². The van der Waals surface area contributed by atoms with Gasteiger partial charge in [0.05, 0.1) is 9.26 Å². The van der Waals surface area contributed by atoms with Crippen LogP contribution in [0.3, 0.4) is 0 Å². The Morgan fingerprint density at radius 1 is 1.38 bits per heavy atom. The van der Waals surface area contributed by atoms with E-state index in [4.69, 9.17) is 34.7 Å². The summed E-state index contributed by atoms with van der Waals surface area (Å²) in [6, 6.07) is 0. The first-order valence-corrected chi connectivity index (χ1v) is 4.88. The number of amides is 1. The van der Waals surface area contributed by atoms with Crippen LogP contribution in [0.25, 0.3) is 0 Å². The van der Waals surface area contributed by atoms with E-state index in [-0.39, 0.29) is 21.6 Å². The second-order valence-electron chi connectivity index (χ2n) is 2.16. The maximum Gasteiger partial charge on any atom is 0.253 e. The molecule has 0 fully saturated rings. The van der Waals surface area contributed by atoms with Gasteiger partial charge in [-0.25, -0.2) is 4.98 Å². The average Bonchev–Trinajstić information content (AvgIpc) is 1.99. The van der Waals surface area contributed by atoms with Crippen molar-refractivity contribution in [2.75, 3.05) is 5.73 Å². The number of rotatable bonds is 1. The lowest BCUT2D eigenvalue weighted by Crippen LogP contribution is -2.16. The summed E-state index contributed by atoms with van der Waals surface area (Å²) in [7, 11) is 0. The zero-order chi connectivity index (χ0) is 10.2. The third-order valence-electron chi connectivity index (χ3n) is 1.34. The molecule has 0 saturated carbocycles. The Hall–Kier alpha value is -0.270. The normalized spacial score (nSPS) is 10.1. The molecule has 0 unspecified atom stereocenters. The molecule has 0 aliphatic rings. The highest BCUT2D eigenvalue weighted by atomic mass is 127. The molecule has 0 aliphatic heterocycles. The molecular formula is C6H4Cl2IN3O. The Morgan fingerprint density at radius 2 is 1.92 bits per heavy atom. The minimum atomic E-state index is -0.718. The molecule has 0 aliphatic carbocycles. The van der Waals surface area contributed by atoms with E-state index in [2.05, 4.69) is 4.98 Å². The summed E-state index contributed by atoms with van der Waals surface area (Å²) in [6.07, 6.45) is 0. The number of primary amides is 1. The van der Waals surface area contributed by atoms with E-state index in [0.29, 0.717) is 3.57 Å². The minimum Gasteiger partial charge on any atom is -0.397 e. The third-order valence-corrected chi connectivity index (χ3v) is 3.29. The van der Waals surface area contributed by atoms with E-state index >= 15 is 0 Å². The van der Waals surface area contributed by atoms with Crippen LogP contribution in [0.1, 0.15) is 10.4 Å². The van der Waals surface area contributed by atoms with Crippen molar-refractivity contribution in [3.05, 3.63) is 19.4 Å². The number of halogens is 3. The van der Waals surface area contributed by atoms with Crippen LogP contribution < -0.4 is 11.5 Å². The molecule has 1 rings (SSSR count). The quantitative estimate of drug-likeness (QED) is 0.606. The van der Waals surface area contributed by atoms with Crippen LogP contribution in [0.5, 0.6) is 0 Å². The van der Waals surface area contributed by atoms with Gasteiger partial charge in [0.2, 0.25) is 0 Å². The van der Waals surface area contributed by atoms with Crippen molar-refractivity contribution in [1.29, 1.82) is 0 Å². The fourth-order valence-electron chi connectivity index (χ4n) is 0.758. The van der Waals surface area contributed by atoms with Gasteiger partial charge in [0, 0.05) is 0 Å². The number of hydrogen-bond donors (Lipinski definition) is 2. The van der Waals surface area contributed by atoms with Crippen LogP contribution in [-0.4, -0.2) is 10.9 Å². The first kappa shape index (κ1) is 10.8. The summed E-state index contributed by atoms with van der Waals surface area (Å²) < 4.78 is 0.470. The number of nitrogens with zero attached hydrogens (tertiary/aromatic N) is 1. The molecular weight excluding hydrogens is 328 g/mol. The van der Waals surface area contributed by atoms with Crippen molar-refractivity contribution in [2.45, 2.75) is 0 Å². The number of anilines is 1. The molecule has 0 spiro atoms. The number of nitrogens with two attached hydrogens (primary N) is 2. The number of pyridine rings is 1. The molecule has 1 aromatic rings. The standard InChI is InChI=1S/C6H4Cl2IN3O/c7-4-1(6(11)13)3(10)2(9)5(8)12-4/h(H2,10,12)(H2,11,13). The summed E-state index contributed by atoms with van der Waals surface area (Å²) in [5.74, 6) is -0.718. The van der Waals surface area contributed by atoms with Gasteiger partial charge in [0.15, 0.2) is 0 Å². The van der Waals surface area contributed by atoms with Gasteiger partial charge in [-0.3, -0.25) is 4.79 Å². The van der Waals surface area contributed by atoms with E-state index in [1.54, 1.807) is 0 Å². The summed E-state index contributed by atoms with van der Waals surface area (Å²) in [6.45, 7) is 0. The highest BCUT2D eigenvalue weighted by molar-refractivity contribution is 14.1. The highest BCUT2D eigenvalue weighted by Gasteiger charge is 2.17. The zero-order valence-corrected chi connectivity index (χ0v) is 9.81. The maximum atomic E-state index is 10.9. The lowest BCUT2D eigenvalue weighted by Gasteiger charge is -2.06. The molecule has 0 atom stereocenters. The van der Waals surface area contributed by atoms with Crippen molar-refractivity contribution in [2.24, 2.45) is 5.73 Å². The molecule has 1 heterocycles. The van der Waals surface area contributed by atoms with Gasteiger partial charge in [-0.1, -0.05) is 23.2 Å². The van der Waals surface area contributed by atoms with Gasteiger partial charge in [-0.15, -0.1) is 0 Å². The average molecular weight is 332 g/mol. The van der Waals surface area contributed by atoms with Crippen LogP contribution >= 0.6 is 45.8 Å². The zero-order valence-electron chi connectivity index (χ0n) is 6.14. The van der Waals surface area contributed by atoms with E-state index in [1.165, 1.54) is 0 Å². The van der Waals surface area contributed by atoms with Gasteiger partial charge in [-0.2, -0.15) is 0 Å². The Morgan fingerprint density at radius 3 is 2.38 bits per heavy atom. The van der Waals surface area contributed by atoms with Crippen LogP contribution in [0.4, 0.5) is 5.69 Å². The van der Waals surface area contributed by atoms with Crippen LogP contribution in [0.2, 0.25) is 10.3 Å². The van der Waals surface area contributed by atoms with Gasteiger partial charge in [-0.05, 0) is 22.6 Å². The smallest absolute Gasteiger partial charge is 0.253 e. The highest BCUT2D eigenvalue weighted by Crippen LogP contribution is 2.29. The van der Waals surface area contributed by atoms with Crippen molar-refractivity contribution in [3.63, 3.8) is 0 Å². The molecule has 1 aromatic heterocycles. The molecule has 13 heavy (non-hydrogen) atoms. The van der Waals surface area contributed by atoms with Crippen LogP contribution in [-0.2, 0) is 0 Å². The first-order chi connectivity index (χ1) is 5.95. The third kappa shape index (κ3) is 1.97. The predicted molar refractivity (Wildman–Crippen MR) is 59.9 cm³/mol. The summed E-state index contributed by atoms with van der Waals surface area (Å²) in [4.78, 5) is 14.6. The fraction of sp³-hybridized carbons (Fsp3) is 0. The Kier molecular flexibility index (Phi) is 3.20. The summed E-state index contributed by atoms with van der Waals surface area (Å²) >= 11 is 13.1. The number of aromatic nitrogens is 1. The topological polar surface area (TPSA) is 82.0 Å². The maximum absolute atomic E-state index is 10.9. The second kappa shape index (κ2) is 3.85. The molecule has 4 N–H and O–H groups in total. The molecule has 4 nitrogen and oxygen atoms in total. The van der Waals surface area contributed by atoms with Crippen LogP contribution in [0.15, 0.2) is 0 Å². The monoisotopic (exact) mass is 331 g/mol. The molecule has 1 amide bonds. The Balaban J connectivity index is 3.53. The van der Waals surface area contributed by atoms with E-state index in [1.807, 2.05) is 22.6 Å². The van der Waals surface area contributed by atoms with Gasteiger partial charge < -0.3 is 11.5 Å². The number of nitrogen functional groups attached to an aromatic ring is 1. The molecule has 0 saturated heterocycles. The number of carbonyl (C=O) groups excluding carboxylic acids is 1. The molecule has 70 valence electrons. The minimum absolute atomic E-state index is 0.00969. The lowest BCUT2D eigenvalue weighted by atomic mass is 10.2. The summed E-state index contributed by atoms with van der Waals surface area (Å²) in [5, 5.41) is 0.0866. The van der Waals surface area contributed by atoms with Crippen molar-refractivity contribution >= 4 is 57.4 Å². The molecule has 0 aromatic carbocycles. The van der Waals surface area contributed by atoms with E-state index in [0.717, 1.165) is 0 Å². The molecule has 0 radical (unpaired) electrons. The van der Waals surface area contributed by atoms with Crippen LogP contribution in [0, 0.1) is 3.57 Å².